The summed E-state index contributed by atoms with van der Waals surface area (Å²) in [4.78, 5) is 24.7. The average molecular weight is 286 g/mol. The van der Waals surface area contributed by atoms with Crippen molar-refractivity contribution in [2.24, 2.45) is 5.41 Å². The number of hydrogen-bond acceptors (Lipinski definition) is 3. The molecule has 0 radical (unpaired) electrons. The highest BCUT2D eigenvalue weighted by Crippen LogP contribution is 2.47. The van der Waals surface area contributed by atoms with Crippen LogP contribution < -0.4 is 5.32 Å². The molecule has 5 nitrogen and oxygen atoms in total. The van der Waals surface area contributed by atoms with E-state index in [4.69, 9.17) is 5.11 Å². The lowest BCUT2D eigenvalue weighted by molar-refractivity contribution is -0.138. The van der Waals surface area contributed by atoms with E-state index < -0.39 is 5.97 Å². The molecule has 2 rings (SSSR count). The first-order valence-corrected chi connectivity index (χ1v) is 8.06. The summed E-state index contributed by atoms with van der Waals surface area (Å²) in [6.45, 7) is 3.53. The maximum atomic E-state index is 12.2. The SMILES string of the molecule is CCC1(CNC(=O)N2CCSCC2CC(=O)O)CC1. The number of carbonyl (C=O) groups is 2. The van der Waals surface area contributed by atoms with Crippen molar-refractivity contribution in [3.05, 3.63) is 0 Å². The molecule has 1 aliphatic heterocycles. The molecule has 0 spiro atoms. The topological polar surface area (TPSA) is 69.6 Å². The van der Waals surface area contributed by atoms with Gasteiger partial charge in [0.05, 0.1) is 12.5 Å². The summed E-state index contributed by atoms with van der Waals surface area (Å²) in [7, 11) is 0. The fraction of sp³-hybridized carbons (Fsp3) is 0.846. The smallest absolute Gasteiger partial charge is 0.317 e. The second-order valence-electron chi connectivity index (χ2n) is 5.53. The number of hydrogen-bond donors (Lipinski definition) is 2. The van der Waals surface area contributed by atoms with Crippen LogP contribution in [-0.2, 0) is 4.79 Å². The molecule has 6 heteroatoms. The molecule has 2 amide bonds. The Morgan fingerprint density at radius 2 is 2.21 bits per heavy atom. The van der Waals surface area contributed by atoms with Crippen molar-refractivity contribution in [3.63, 3.8) is 0 Å². The third kappa shape index (κ3) is 3.78. The summed E-state index contributed by atoms with van der Waals surface area (Å²) < 4.78 is 0. The van der Waals surface area contributed by atoms with Gasteiger partial charge >= 0.3 is 12.0 Å². The summed E-state index contributed by atoms with van der Waals surface area (Å²) >= 11 is 1.72. The predicted molar refractivity (Wildman–Crippen MR) is 75.4 cm³/mol. The molecular formula is C13H22N2O3S. The molecular weight excluding hydrogens is 264 g/mol. The van der Waals surface area contributed by atoms with Gasteiger partial charge in [-0.25, -0.2) is 4.79 Å². The number of carboxylic acids is 1. The van der Waals surface area contributed by atoms with Crippen LogP contribution in [0.15, 0.2) is 0 Å². The Morgan fingerprint density at radius 3 is 2.79 bits per heavy atom. The Hall–Kier alpha value is -0.910. The van der Waals surface area contributed by atoms with Crippen molar-refractivity contribution in [2.45, 2.75) is 38.6 Å². The summed E-state index contributed by atoms with van der Waals surface area (Å²) in [5, 5.41) is 11.9. The van der Waals surface area contributed by atoms with E-state index in [0.717, 1.165) is 24.5 Å². The van der Waals surface area contributed by atoms with Gasteiger partial charge in [0, 0.05) is 24.6 Å². The highest BCUT2D eigenvalue weighted by Gasteiger charge is 2.41. The molecule has 0 aromatic carbocycles. The van der Waals surface area contributed by atoms with E-state index in [0.29, 0.717) is 12.0 Å². The minimum atomic E-state index is -0.836. The lowest BCUT2D eigenvalue weighted by Crippen LogP contribution is -2.52. The molecule has 1 unspecified atom stereocenters. The maximum Gasteiger partial charge on any atom is 0.317 e. The number of carbonyl (C=O) groups excluding carboxylic acids is 1. The maximum absolute atomic E-state index is 12.2. The summed E-state index contributed by atoms with van der Waals surface area (Å²) in [6, 6.07) is -0.265. The number of nitrogens with one attached hydrogen (secondary N) is 1. The van der Waals surface area contributed by atoms with Gasteiger partial charge in [-0.15, -0.1) is 0 Å². The normalized spacial score (nSPS) is 24.9. The van der Waals surface area contributed by atoms with Crippen LogP contribution in [0.25, 0.3) is 0 Å². The summed E-state index contributed by atoms with van der Waals surface area (Å²) in [5.41, 5.74) is 0.322. The Labute approximate surface area is 118 Å². The second-order valence-corrected chi connectivity index (χ2v) is 6.68. The van der Waals surface area contributed by atoms with Gasteiger partial charge in [-0.1, -0.05) is 6.92 Å². The van der Waals surface area contributed by atoms with Crippen LogP contribution in [0, 0.1) is 5.41 Å². The van der Waals surface area contributed by atoms with Crippen molar-refractivity contribution in [3.8, 4) is 0 Å². The van der Waals surface area contributed by atoms with Gasteiger partial charge in [-0.3, -0.25) is 4.79 Å². The molecule has 1 atom stereocenters. The second kappa shape index (κ2) is 6.03. The van der Waals surface area contributed by atoms with Gasteiger partial charge in [-0.05, 0) is 24.7 Å². The van der Waals surface area contributed by atoms with Crippen molar-refractivity contribution >= 4 is 23.8 Å². The molecule has 1 aliphatic carbocycles. The quantitative estimate of drug-likeness (QED) is 0.808. The Balaban J connectivity index is 1.86. The van der Waals surface area contributed by atoms with E-state index in [9.17, 15) is 9.59 Å². The fourth-order valence-electron chi connectivity index (χ4n) is 2.49. The molecule has 2 aliphatic rings. The third-order valence-corrected chi connectivity index (χ3v) is 5.31. The largest absolute Gasteiger partial charge is 0.481 e. The predicted octanol–water partition coefficient (Wildman–Crippen LogP) is 1.78. The number of nitrogens with zero attached hydrogens (tertiary/aromatic N) is 1. The molecule has 0 aromatic heterocycles. The third-order valence-electron chi connectivity index (χ3n) is 4.22. The number of aliphatic carboxylic acids is 1. The lowest BCUT2D eigenvalue weighted by atomic mass is 10.0. The average Bonchev–Trinajstić information content (AvgIpc) is 3.17. The number of amides is 2. The van der Waals surface area contributed by atoms with Crippen LogP contribution in [-0.4, -0.2) is 52.6 Å². The first-order chi connectivity index (χ1) is 9.06. The van der Waals surface area contributed by atoms with Crippen LogP contribution in [0.1, 0.15) is 32.6 Å². The van der Waals surface area contributed by atoms with Crippen LogP contribution >= 0.6 is 11.8 Å². The van der Waals surface area contributed by atoms with Gasteiger partial charge in [0.15, 0.2) is 0 Å². The summed E-state index contributed by atoms with van der Waals surface area (Å²) in [6.07, 6.45) is 3.53. The van der Waals surface area contributed by atoms with Crippen molar-refractivity contribution < 1.29 is 14.7 Å². The highest BCUT2D eigenvalue weighted by molar-refractivity contribution is 7.99. The van der Waals surface area contributed by atoms with Gasteiger partial charge < -0.3 is 15.3 Å². The molecule has 0 aromatic rings. The van der Waals surface area contributed by atoms with Crippen LogP contribution in [0.3, 0.4) is 0 Å². The van der Waals surface area contributed by atoms with Crippen LogP contribution in [0.2, 0.25) is 0 Å². The van der Waals surface area contributed by atoms with E-state index in [1.165, 1.54) is 12.8 Å². The zero-order valence-electron chi connectivity index (χ0n) is 11.4. The Morgan fingerprint density at radius 1 is 1.47 bits per heavy atom. The minimum absolute atomic E-state index is 0.0410. The monoisotopic (exact) mass is 286 g/mol. The lowest BCUT2D eigenvalue weighted by Gasteiger charge is -2.35. The Kier molecular flexibility index (Phi) is 4.60. The van der Waals surface area contributed by atoms with E-state index in [-0.39, 0.29) is 18.5 Å². The van der Waals surface area contributed by atoms with Gasteiger partial charge in [0.2, 0.25) is 0 Å². The van der Waals surface area contributed by atoms with E-state index in [1.807, 2.05) is 0 Å². The van der Waals surface area contributed by atoms with E-state index >= 15 is 0 Å². The van der Waals surface area contributed by atoms with E-state index in [2.05, 4.69) is 12.2 Å². The van der Waals surface area contributed by atoms with Gasteiger partial charge in [0.1, 0.15) is 0 Å². The molecule has 19 heavy (non-hydrogen) atoms. The van der Waals surface area contributed by atoms with Crippen LogP contribution in [0.5, 0.6) is 0 Å². The highest BCUT2D eigenvalue weighted by atomic mass is 32.2. The number of thioether (sulfide) groups is 1. The van der Waals surface area contributed by atoms with Crippen molar-refractivity contribution in [1.82, 2.24) is 10.2 Å². The van der Waals surface area contributed by atoms with Gasteiger partial charge in [0.25, 0.3) is 0 Å². The first kappa shape index (κ1) is 14.5. The standard InChI is InChI=1S/C13H22N2O3S/c1-2-13(3-4-13)9-14-12(18)15-5-6-19-8-10(15)7-11(16)17/h10H,2-9H2,1H3,(H,14,18)(H,16,17). The molecule has 1 saturated carbocycles. The zero-order chi connectivity index (χ0) is 13.9. The number of carboxylic acid groups (broad SMARTS) is 1. The number of urea groups is 1. The minimum Gasteiger partial charge on any atom is -0.481 e. The Bertz CT molecular complexity index is 358. The molecule has 0 bridgehead atoms. The van der Waals surface area contributed by atoms with Crippen LogP contribution in [0.4, 0.5) is 4.79 Å². The number of rotatable bonds is 5. The fourth-order valence-corrected chi connectivity index (χ4v) is 3.55. The first-order valence-electron chi connectivity index (χ1n) is 6.90. The molecule has 2 N–H and O–H groups in total. The van der Waals surface area contributed by atoms with Crippen molar-refractivity contribution in [2.75, 3.05) is 24.6 Å². The molecule has 1 heterocycles. The molecule has 108 valence electrons. The molecule has 1 saturated heterocycles. The van der Waals surface area contributed by atoms with Gasteiger partial charge in [-0.2, -0.15) is 11.8 Å². The zero-order valence-corrected chi connectivity index (χ0v) is 12.2. The molecule has 2 fully saturated rings. The summed E-state index contributed by atoms with van der Waals surface area (Å²) in [5.74, 6) is 0.777. The van der Waals surface area contributed by atoms with E-state index in [1.54, 1.807) is 16.7 Å². The van der Waals surface area contributed by atoms with Crippen molar-refractivity contribution in [1.29, 1.82) is 0 Å².